The minimum absolute atomic E-state index is 0.0714. The summed E-state index contributed by atoms with van der Waals surface area (Å²) < 4.78 is 25.3. The van der Waals surface area contributed by atoms with E-state index in [1.165, 1.54) is 6.07 Å². The fourth-order valence-corrected chi connectivity index (χ4v) is 3.27. The second-order valence-electron chi connectivity index (χ2n) is 7.27. The molecule has 1 atom stereocenters. The third-order valence-corrected chi connectivity index (χ3v) is 4.90. The summed E-state index contributed by atoms with van der Waals surface area (Å²) in [5.74, 6) is -0.562. The van der Waals surface area contributed by atoms with Gasteiger partial charge in [-0.25, -0.2) is 9.18 Å². The van der Waals surface area contributed by atoms with Gasteiger partial charge in [0.2, 0.25) is 0 Å². The zero-order chi connectivity index (χ0) is 23.8. The molecule has 0 radical (unpaired) electrons. The van der Waals surface area contributed by atoms with Gasteiger partial charge in [0.25, 0.3) is 0 Å². The normalized spacial score (nSPS) is 11.5. The van der Waals surface area contributed by atoms with Crippen molar-refractivity contribution in [1.82, 2.24) is 0 Å². The van der Waals surface area contributed by atoms with E-state index in [9.17, 15) is 14.3 Å². The van der Waals surface area contributed by atoms with E-state index in [1.54, 1.807) is 60.7 Å². The lowest BCUT2D eigenvalue weighted by molar-refractivity contribution is -0.138. The molecule has 3 rings (SSSR count). The Morgan fingerprint density at radius 3 is 2.36 bits per heavy atom. The number of aliphatic carboxylic acids is 1. The predicted octanol–water partition coefficient (Wildman–Crippen LogP) is 4.37. The van der Waals surface area contributed by atoms with Gasteiger partial charge in [-0.05, 0) is 60.5 Å². The number of nitrogen functional groups attached to an aromatic ring is 1. The maximum absolute atomic E-state index is 13.8. The molecule has 3 aromatic carbocycles. The van der Waals surface area contributed by atoms with Crippen LogP contribution in [-0.4, -0.2) is 30.1 Å². The van der Waals surface area contributed by atoms with E-state index in [4.69, 9.17) is 20.6 Å². The number of carboxylic acids is 1. The van der Waals surface area contributed by atoms with Gasteiger partial charge in [-0.2, -0.15) is 0 Å². The average Bonchev–Trinajstić information content (AvgIpc) is 2.79. The molecule has 172 valence electrons. The molecule has 0 aliphatic carbocycles. The summed E-state index contributed by atoms with van der Waals surface area (Å²) in [6, 6.07) is 16.9. The van der Waals surface area contributed by atoms with Crippen LogP contribution < -0.4 is 20.5 Å². The third kappa shape index (κ3) is 6.46. The summed E-state index contributed by atoms with van der Waals surface area (Å²) in [6.45, 7) is 2.44. The molecule has 0 aromatic heterocycles. The van der Waals surface area contributed by atoms with Crippen LogP contribution in [0.15, 0.2) is 66.7 Å². The van der Waals surface area contributed by atoms with Gasteiger partial charge >= 0.3 is 5.97 Å². The smallest absolute Gasteiger partial charge is 0.330 e. The number of ether oxygens (including phenoxy) is 2. The number of rotatable bonds is 11. The number of nitrogens with one attached hydrogen (secondary N) is 2. The predicted molar refractivity (Wildman–Crippen MR) is 125 cm³/mol. The molecule has 33 heavy (non-hydrogen) atoms. The Balaban J connectivity index is 1.80. The Hall–Kier alpha value is -4.07. The van der Waals surface area contributed by atoms with Crippen LogP contribution in [0.25, 0.3) is 0 Å². The van der Waals surface area contributed by atoms with Gasteiger partial charge in [0.15, 0.2) is 6.04 Å². The van der Waals surface area contributed by atoms with Crippen molar-refractivity contribution in [1.29, 1.82) is 5.41 Å². The van der Waals surface area contributed by atoms with E-state index in [0.29, 0.717) is 46.9 Å². The first kappa shape index (κ1) is 23.6. The first-order valence-electron chi connectivity index (χ1n) is 10.4. The largest absolute Gasteiger partial charge is 0.494 e. The van der Waals surface area contributed by atoms with Gasteiger partial charge in [0.05, 0.1) is 13.2 Å². The van der Waals surface area contributed by atoms with Crippen molar-refractivity contribution in [2.75, 3.05) is 18.5 Å². The average molecular weight is 451 g/mol. The maximum atomic E-state index is 13.8. The maximum Gasteiger partial charge on any atom is 0.330 e. The highest BCUT2D eigenvalue weighted by Gasteiger charge is 2.22. The van der Waals surface area contributed by atoms with Crippen molar-refractivity contribution < 1.29 is 23.8 Å². The molecule has 8 heteroatoms. The number of amidine groups is 1. The molecule has 3 aromatic rings. The van der Waals surface area contributed by atoms with Gasteiger partial charge < -0.3 is 25.6 Å². The minimum atomic E-state index is -1.09. The second-order valence-corrected chi connectivity index (χ2v) is 7.27. The highest BCUT2D eigenvalue weighted by Crippen LogP contribution is 2.29. The van der Waals surface area contributed by atoms with E-state index in [0.717, 1.165) is 0 Å². The molecule has 0 unspecified atom stereocenters. The van der Waals surface area contributed by atoms with Crippen LogP contribution in [0.3, 0.4) is 0 Å². The Labute approximate surface area is 191 Å². The summed E-state index contributed by atoms with van der Waals surface area (Å²) >= 11 is 0. The Bertz CT molecular complexity index is 1120. The quantitative estimate of drug-likeness (QED) is 0.254. The van der Waals surface area contributed by atoms with Crippen molar-refractivity contribution in [3.63, 3.8) is 0 Å². The number of anilines is 1. The number of hydrogen-bond acceptors (Lipinski definition) is 5. The number of carbonyl (C=O) groups is 1. The Kier molecular flexibility index (Phi) is 7.86. The van der Waals surface area contributed by atoms with Gasteiger partial charge in [0.1, 0.15) is 23.2 Å². The van der Waals surface area contributed by atoms with Crippen LogP contribution >= 0.6 is 0 Å². The zero-order valence-electron chi connectivity index (χ0n) is 18.2. The Morgan fingerprint density at radius 2 is 1.76 bits per heavy atom. The van der Waals surface area contributed by atoms with Crippen LogP contribution in [0, 0.1) is 11.2 Å². The first-order valence-corrected chi connectivity index (χ1v) is 10.4. The molecule has 0 bridgehead atoms. The first-order chi connectivity index (χ1) is 15.9. The summed E-state index contributed by atoms with van der Waals surface area (Å²) in [4.78, 5) is 12.1. The molecule has 0 fully saturated rings. The number of carboxylic acid groups (broad SMARTS) is 1. The van der Waals surface area contributed by atoms with E-state index in [-0.39, 0.29) is 18.3 Å². The summed E-state index contributed by atoms with van der Waals surface area (Å²) in [7, 11) is 0. The van der Waals surface area contributed by atoms with Crippen molar-refractivity contribution >= 4 is 17.5 Å². The molecule has 0 amide bonds. The molecule has 0 saturated heterocycles. The lowest BCUT2D eigenvalue weighted by atomic mass is 10.1. The van der Waals surface area contributed by atoms with Gasteiger partial charge in [-0.15, -0.1) is 0 Å². The van der Waals surface area contributed by atoms with Gasteiger partial charge in [-0.1, -0.05) is 18.2 Å². The molecular weight excluding hydrogens is 425 g/mol. The molecule has 5 N–H and O–H groups in total. The summed E-state index contributed by atoms with van der Waals surface area (Å²) in [5.41, 5.74) is 7.54. The molecule has 0 aliphatic heterocycles. The highest BCUT2D eigenvalue weighted by molar-refractivity contribution is 5.95. The molecule has 0 saturated carbocycles. The van der Waals surface area contributed by atoms with Crippen LogP contribution in [0.5, 0.6) is 11.5 Å². The third-order valence-electron chi connectivity index (χ3n) is 4.90. The van der Waals surface area contributed by atoms with Gasteiger partial charge in [-0.3, -0.25) is 5.41 Å². The lowest BCUT2D eigenvalue weighted by Gasteiger charge is -2.19. The highest BCUT2D eigenvalue weighted by atomic mass is 19.1. The molecule has 0 spiro atoms. The number of nitrogens with two attached hydrogens (primary N) is 1. The van der Waals surface area contributed by atoms with Crippen molar-refractivity contribution in [2.45, 2.75) is 19.4 Å². The standard InChI is InChI=1S/C25H26FN3O4/c1-2-32-20-13-18(14-21(15-20)33-12-11-16-5-3-4-6-22(16)26)23(25(30)31)29-19-9-7-17(8-10-19)24(27)28/h3-10,13-15,23,29H,2,11-12H2,1H3,(H3,27,28)(H,30,31)/t23-/m1/s1. The van der Waals surface area contributed by atoms with E-state index < -0.39 is 12.0 Å². The number of hydrogen-bond donors (Lipinski definition) is 4. The molecule has 0 heterocycles. The molecule has 0 aliphatic rings. The van der Waals surface area contributed by atoms with Crippen LogP contribution in [0.4, 0.5) is 10.1 Å². The number of halogens is 1. The van der Waals surface area contributed by atoms with Crippen molar-refractivity contribution in [3.8, 4) is 11.5 Å². The van der Waals surface area contributed by atoms with E-state index >= 15 is 0 Å². The minimum Gasteiger partial charge on any atom is -0.494 e. The fraction of sp³-hybridized carbons (Fsp3) is 0.200. The molecule has 7 nitrogen and oxygen atoms in total. The van der Waals surface area contributed by atoms with Crippen molar-refractivity contribution in [3.05, 3.63) is 89.2 Å². The number of benzene rings is 3. The second kappa shape index (κ2) is 11.0. The summed E-state index contributed by atoms with van der Waals surface area (Å²) in [6.07, 6.45) is 0.365. The SMILES string of the molecule is CCOc1cc(OCCc2ccccc2F)cc([C@@H](Nc2ccc(C(=N)N)cc2)C(=O)O)c1. The topological polar surface area (TPSA) is 118 Å². The van der Waals surface area contributed by atoms with Crippen molar-refractivity contribution in [2.24, 2.45) is 5.73 Å². The zero-order valence-corrected chi connectivity index (χ0v) is 18.2. The summed E-state index contributed by atoms with van der Waals surface area (Å²) in [5, 5.41) is 20.3. The molecular formula is C25H26FN3O4. The van der Waals surface area contributed by atoms with E-state index in [2.05, 4.69) is 5.32 Å². The van der Waals surface area contributed by atoms with Crippen LogP contribution in [0.1, 0.15) is 29.7 Å². The van der Waals surface area contributed by atoms with Gasteiger partial charge in [0, 0.05) is 23.7 Å². The lowest BCUT2D eigenvalue weighted by Crippen LogP contribution is -2.21. The van der Waals surface area contributed by atoms with Crippen LogP contribution in [-0.2, 0) is 11.2 Å². The van der Waals surface area contributed by atoms with Crippen LogP contribution in [0.2, 0.25) is 0 Å². The fourth-order valence-electron chi connectivity index (χ4n) is 3.27. The Morgan fingerprint density at radius 1 is 1.09 bits per heavy atom. The monoisotopic (exact) mass is 451 g/mol. The van der Waals surface area contributed by atoms with E-state index in [1.807, 2.05) is 6.92 Å².